The van der Waals surface area contributed by atoms with Crippen molar-refractivity contribution in [2.24, 2.45) is 0 Å². The number of ether oxygens (including phenoxy) is 2. The maximum atomic E-state index is 12.5. The lowest BCUT2D eigenvalue weighted by Gasteiger charge is -2.17. The molecule has 0 aliphatic heterocycles. The van der Waals surface area contributed by atoms with E-state index in [4.69, 9.17) is 9.47 Å². The van der Waals surface area contributed by atoms with Crippen LogP contribution >= 0.6 is 15.9 Å². The van der Waals surface area contributed by atoms with Gasteiger partial charge >= 0.3 is 5.97 Å². The number of aryl methyl sites for hydroxylation is 3. The summed E-state index contributed by atoms with van der Waals surface area (Å²) < 4.78 is 11.0. The molecular formula is C20H22BrNO4. The third kappa shape index (κ3) is 4.64. The van der Waals surface area contributed by atoms with Crippen LogP contribution in [0.15, 0.2) is 34.8 Å². The van der Waals surface area contributed by atoms with E-state index >= 15 is 0 Å². The van der Waals surface area contributed by atoms with Crippen molar-refractivity contribution >= 4 is 33.5 Å². The summed E-state index contributed by atoms with van der Waals surface area (Å²) in [6.45, 7) is 7.40. The Balaban J connectivity index is 2.11. The molecule has 0 bridgehead atoms. The number of methoxy groups -OCH3 is 1. The van der Waals surface area contributed by atoms with Gasteiger partial charge in [-0.05, 0) is 73.0 Å². The number of amides is 1. The summed E-state index contributed by atoms with van der Waals surface area (Å²) in [4.78, 5) is 24.8. The van der Waals surface area contributed by atoms with Crippen LogP contribution in [0.2, 0.25) is 0 Å². The molecule has 138 valence electrons. The first kappa shape index (κ1) is 20.0. The standard InChI is InChI=1S/C20H22BrNO4/c1-11-8-12(2)18(13(3)9-11)22-19(23)14(4)26-20(24)16-10-15(25-5)6-7-17(16)21/h6-10,14H,1-5H3,(H,22,23)/t14-/m0/s1. The summed E-state index contributed by atoms with van der Waals surface area (Å²) >= 11 is 3.31. The Hall–Kier alpha value is -2.34. The Morgan fingerprint density at radius 3 is 2.27 bits per heavy atom. The Morgan fingerprint density at radius 1 is 1.08 bits per heavy atom. The molecule has 0 aromatic heterocycles. The van der Waals surface area contributed by atoms with Crippen LogP contribution in [0.4, 0.5) is 5.69 Å². The topological polar surface area (TPSA) is 64.6 Å². The Kier molecular flexibility index (Phi) is 6.42. The van der Waals surface area contributed by atoms with Gasteiger partial charge in [0.15, 0.2) is 6.10 Å². The zero-order valence-corrected chi connectivity index (χ0v) is 17.1. The number of carbonyl (C=O) groups excluding carboxylic acids is 2. The summed E-state index contributed by atoms with van der Waals surface area (Å²) in [5.74, 6) is -0.452. The van der Waals surface area contributed by atoms with Crippen molar-refractivity contribution in [1.29, 1.82) is 0 Å². The zero-order chi connectivity index (χ0) is 19.4. The third-order valence-corrected chi connectivity index (χ3v) is 4.66. The lowest BCUT2D eigenvalue weighted by molar-refractivity contribution is -0.123. The van der Waals surface area contributed by atoms with Crippen molar-refractivity contribution < 1.29 is 19.1 Å². The van der Waals surface area contributed by atoms with Gasteiger partial charge < -0.3 is 14.8 Å². The molecule has 0 fully saturated rings. The Labute approximate surface area is 161 Å². The maximum Gasteiger partial charge on any atom is 0.340 e. The fourth-order valence-electron chi connectivity index (χ4n) is 2.67. The fraction of sp³-hybridized carbons (Fsp3) is 0.300. The molecule has 0 aliphatic rings. The van der Waals surface area contributed by atoms with Crippen LogP contribution in [0.1, 0.15) is 34.0 Å². The molecule has 2 aromatic rings. The van der Waals surface area contributed by atoms with Gasteiger partial charge in [-0.25, -0.2) is 4.79 Å². The van der Waals surface area contributed by atoms with Crippen molar-refractivity contribution in [1.82, 2.24) is 0 Å². The molecule has 2 rings (SSSR count). The molecule has 26 heavy (non-hydrogen) atoms. The fourth-order valence-corrected chi connectivity index (χ4v) is 3.08. The number of rotatable bonds is 5. The van der Waals surface area contributed by atoms with Crippen molar-refractivity contribution in [3.63, 3.8) is 0 Å². The molecule has 2 aromatic carbocycles. The van der Waals surface area contributed by atoms with Crippen molar-refractivity contribution in [3.05, 3.63) is 57.1 Å². The van der Waals surface area contributed by atoms with Crippen LogP contribution in [0.3, 0.4) is 0 Å². The molecule has 5 nitrogen and oxygen atoms in total. The molecular weight excluding hydrogens is 398 g/mol. The number of halogens is 1. The molecule has 0 heterocycles. The molecule has 0 radical (unpaired) electrons. The largest absolute Gasteiger partial charge is 0.497 e. The van der Waals surface area contributed by atoms with Gasteiger partial charge in [0.25, 0.3) is 5.91 Å². The average Bonchev–Trinajstić information content (AvgIpc) is 2.58. The number of anilines is 1. The summed E-state index contributed by atoms with van der Waals surface area (Å²) in [5, 5.41) is 2.85. The van der Waals surface area contributed by atoms with Crippen LogP contribution < -0.4 is 10.1 Å². The minimum atomic E-state index is -0.944. The maximum absolute atomic E-state index is 12.5. The van der Waals surface area contributed by atoms with E-state index in [0.717, 1.165) is 22.4 Å². The van der Waals surface area contributed by atoms with E-state index in [9.17, 15) is 9.59 Å². The first-order chi connectivity index (χ1) is 12.2. The van der Waals surface area contributed by atoms with Gasteiger partial charge in [-0.15, -0.1) is 0 Å². The van der Waals surface area contributed by atoms with Crippen molar-refractivity contribution in [3.8, 4) is 5.75 Å². The lowest BCUT2D eigenvalue weighted by Crippen LogP contribution is -2.30. The van der Waals surface area contributed by atoms with Gasteiger partial charge in [-0.1, -0.05) is 17.7 Å². The van der Waals surface area contributed by atoms with E-state index < -0.39 is 12.1 Å². The molecule has 1 amide bonds. The minimum Gasteiger partial charge on any atom is -0.497 e. The van der Waals surface area contributed by atoms with Crippen LogP contribution in [0, 0.1) is 20.8 Å². The number of nitrogens with one attached hydrogen (secondary N) is 1. The number of carbonyl (C=O) groups is 2. The van der Waals surface area contributed by atoms with Gasteiger partial charge in [-0.3, -0.25) is 4.79 Å². The summed E-state index contributed by atoms with van der Waals surface area (Å²) in [6.07, 6.45) is -0.944. The average molecular weight is 420 g/mol. The second-order valence-corrected chi connectivity index (χ2v) is 7.01. The van der Waals surface area contributed by atoms with Crippen molar-refractivity contribution in [2.75, 3.05) is 12.4 Å². The van der Waals surface area contributed by atoms with E-state index in [1.165, 1.54) is 7.11 Å². The van der Waals surface area contributed by atoms with E-state index in [2.05, 4.69) is 21.2 Å². The van der Waals surface area contributed by atoms with Gasteiger partial charge in [0.1, 0.15) is 5.75 Å². The second kappa shape index (κ2) is 8.36. The van der Waals surface area contributed by atoms with Gasteiger partial charge in [-0.2, -0.15) is 0 Å². The molecule has 0 saturated heterocycles. The summed E-state index contributed by atoms with van der Waals surface area (Å²) in [7, 11) is 1.51. The minimum absolute atomic E-state index is 0.298. The van der Waals surface area contributed by atoms with Crippen LogP contribution in [-0.4, -0.2) is 25.1 Å². The zero-order valence-electron chi connectivity index (χ0n) is 15.5. The third-order valence-electron chi connectivity index (χ3n) is 3.97. The molecule has 0 aliphatic carbocycles. The normalized spacial score (nSPS) is 11.6. The van der Waals surface area contributed by atoms with Crippen LogP contribution in [-0.2, 0) is 9.53 Å². The predicted octanol–water partition coefficient (Wildman–Crippen LogP) is 4.57. The Morgan fingerprint density at radius 2 is 1.69 bits per heavy atom. The van der Waals surface area contributed by atoms with E-state index in [0.29, 0.717) is 15.8 Å². The number of hydrogen-bond acceptors (Lipinski definition) is 4. The van der Waals surface area contributed by atoms with Gasteiger partial charge in [0.2, 0.25) is 0 Å². The summed E-state index contributed by atoms with van der Waals surface area (Å²) in [6, 6.07) is 8.96. The molecule has 6 heteroatoms. The van der Waals surface area contributed by atoms with Crippen molar-refractivity contribution in [2.45, 2.75) is 33.8 Å². The highest BCUT2D eigenvalue weighted by Gasteiger charge is 2.22. The monoisotopic (exact) mass is 419 g/mol. The molecule has 0 unspecified atom stereocenters. The highest BCUT2D eigenvalue weighted by atomic mass is 79.9. The van der Waals surface area contributed by atoms with Crippen LogP contribution in [0.5, 0.6) is 5.75 Å². The second-order valence-electron chi connectivity index (χ2n) is 6.16. The predicted molar refractivity (Wildman–Crippen MR) is 105 cm³/mol. The van der Waals surface area contributed by atoms with E-state index in [1.807, 2.05) is 32.9 Å². The van der Waals surface area contributed by atoms with Gasteiger partial charge in [0, 0.05) is 10.2 Å². The first-order valence-corrected chi connectivity index (χ1v) is 8.95. The first-order valence-electron chi connectivity index (χ1n) is 8.16. The quantitative estimate of drug-likeness (QED) is 0.720. The number of esters is 1. The molecule has 1 N–H and O–H groups in total. The number of hydrogen-bond donors (Lipinski definition) is 1. The number of benzene rings is 2. The smallest absolute Gasteiger partial charge is 0.340 e. The highest BCUT2D eigenvalue weighted by Crippen LogP contribution is 2.25. The van der Waals surface area contributed by atoms with Gasteiger partial charge in [0.05, 0.1) is 12.7 Å². The molecule has 1 atom stereocenters. The highest BCUT2D eigenvalue weighted by molar-refractivity contribution is 9.10. The molecule has 0 spiro atoms. The van der Waals surface area contributed by atoms with E-state index in [1.54, 1.807) is 25.1 Å². The lowest BCUT2D eigenvalue weighted by atomic mass is 10.0. The SMILES string of the molecule is COc1ccc(Br)c(C(=O)O[C@@H](C)C(=O)Nc2c(C)cc(C)cc2C)c1. The summed E-state index contributed by atoms with van der Waals surface area (Å²) in [5.41, 5.74) is 4.09. The van der Waals surface area contributed by atoms with Crippen LogP contribution in [0.25, 0.3) is 0 Å². The molecule has 0 saturated carbocycles. The van der Waals surface area contributed by atoms with E-state index in [-0.39, 0.29) is 5.91 Å². The Bertz CT molecular complexity index is 825.